The van der Waals surface area contributed by atoms with E-state index in [9.17, 15) is 4.79 Å². The summed E-state index contributed by atoms with van der Waals surface area (Å²) < 4.78 is 0. The Balaban J connectivity index is 2.90. The number of nitrogens with one attached hydrogen (secondary N) is 1. The van der Waals surface area contributed by atoms with E-state index in [0.717, 1.165) is 18.4 Å². The molecule has 1 fully saturated rings. The number of nitrogens with two attached hydrogens (primary N) is 1. The molecule has 0 aliphatic heterocycles. The second-order valence-corrected chi connectivity index (χ2v) is 4.83. The first-order valence-corrected chi connectivity index (χ1v) is 6.48. The summed E-state index contributed by atoms with van der Waals surface area (Å²) in [5, 5.41) is 0. The fourth-order valence-electron chi connectivity index (χ4n) is 2.47. The number of hydrogen-bond donors (Lipinski definition) is 2. The second-order valence-electron chi connectivity index (χ2n) is 4.83. The van der Waals surface area contributed by atoms with Gasteiger partial charge in [0, 0.05) is 5.57 Å². The Kier molecular flexibility index (Phi) is 5.42. The number of rotatable bonds is 3. The highest BCUT2D eigenvalue weighted by Crippen LogP contribution is 2.34. The fraction of sp³-hybridized carbons (Fsp3) is 0.643. The van der Waals surface area contributed by atoms with E-state index in [1.165, 1.54) is 30.4 Å². The van der Waals surface area contributed by atoms with E-state index >= 15 is 0 Å². The molecule has 0 aromatic heterocycles. The van der Waals surface area contributed by atoms with Crippen LogP contribution in [0.4, 0.5) is 0 Å². The van der Waals surface area contributed by atoms with Crippen molar-refractivity contribution in [2.45, 2.75) is 52.9 Å². The summed E-state index contributed by atoms with van der Waals surface area (Å²) in [4.78, 5) is 11.4. The minimum atomic E-state index is -0.177. The number of hydrogen-bond acceptors (Lipinski definition) is 2. The van der Waals surface area contributed by atoms with Gasteiger partial charge in [0.05, 0.1) is 0 Å². The van der Waals surface area contributed by atoms with Crippen LogP contribution < -0.4 is 11.3 Å². The first-order valence-electron chi connectivity index (χ1n) is 6.48. The normalized spacial score (nSPS) is 24.5. The van der Waals surface area contributed by atoms with Gasteiger partial charge in [0.2, 0.25) is 0 Å². The molecule has 1 aliphatic carbocycles. The zero-order valence-electron chi connectivity index (χ0n) is 11.2. The molecule has 1 amide bonds. The zero-order valence-corrected chi connectivity index (χ0v) is 11.2. The SMILES string of the molecule is CC/C(C)=C1\CCCCC1/C=C(\C)C(=O)NN. The van der Waals surface area contributed by atoms with Gasteiger partial charge in [-0.3, -0.25) is 10.2 Å². The van der Waals surface area contributed by atoms with Crippen molar-refractivity contribution in [3.05, 3.63) is 22.8 Å². The molecule has 1 aliphatic rings. The van der Waals surface area contributed by atoms with Gasteiger partial charge in [-0.15, -0.1) is 0 Å². The van der Waals surface area contributed by atoms with Crippen molar-refractivity contribution in [1.29, 1.82) is 0 Å². The molecule has 1 unspecified atom stereocenters. The predicted octanol–water partition coefficient (Wildman–Crippen LogP) is 2.84. The largest absolute Gasteiger partial charge is 0.290 e. The summed E-state index contributed by atoms with van der Waals surface area (Å²) in [6, 6.07) is 0. The minimum absolute atomic E-state index is 0.177. The Hall–Kier alpha value is -1.09. The first kappa shape index (κ1) is 14.0. The van der Waals surface area contributed by atoms with Crippen LogP contribution in [0.5, 0.6) is 0 Å². The maximum Gasteiger partial charge on any atom is 0.260 e. The molecule has 3 nitrogen and oxygen atoms in total. The van der Waals surface area contributed by atoms with Crippen LogP contribution in [0.25, 0.3) is 0 Å². The molecule has 0 saturated heterocycles. The van der Waals surface area contributed by atoms with E-state index < -0.39 is 0 Å². The van der Waals surface area contributed by atoms with Crippen LogP contribution in [-0.2, 0) is 4.79 Å². The molecule has 3 N–H and O–H groups in total. The van der Waals surface area contributed by atoms with Gasteiger partial charge >= 0.3 is 0 Å². The van der Waals surface area contributed by atoms with Crippen LogP contribution in [0.3, 0.4) is 0 Å². The molecular weight excluding hydrogens is 212 g/mol. The van der Waals surface area contributed by atoms with E-state index in [1.54, 1.807) is 0 Å². The molecule has 3 heteroatoms. The van der Waals surface area contributed by atoms with Crippen LogP contribution in [0.2, 0.25) is 0 Å². The van der Waals surface area contributed by atoms with E-state index in [1.807, 2.05) is 6.92 Å². The monoisotopic (exact) mass is 236 g/mol. The van der Waals surface area contributed by atoms with E-state index in [0.29, 0.717) is 5.92 Å². The second kappa shape index (κ2) is 6.60. The number of allylic oxidation sites excluding steroid dienone is 3. The Bertz CT molecular complexity index is 342. The molecule has 1 rings (SSSR count). The third kappa shape index (κ3) is 3.70. The lowest BCUT2D eigenvalue weighted by Crippen LogP contribution is -2.31. The minimum Gasteiger partial charge on any atom is -0.290 e. The standard InChI is InChI=1S/C14H24N2O/c1-4-10(2)13-8-6-5-7-12(13)9-11(3)14(17)16-15/h9,12H,4-8,15H2,1-3H3,(H,16,17)/b11-9+,13-10+. The van der Waals surface area contributed by atoms with Gasteiger partial charge in [-0.25, -0.2) is 5.84 Å². The summed E-state index contributed by atoms with van der Waals surface area (Å²) in [5.74, 6) is 5.40. The van der Waals surface area contributed by atoms with Gasteiger partial charge in [-0.1, -0.05) is 30.6 Å². The average Bonchev–Trinajstić information content (AvgIpc) is 2.37. The lowest BCUT2D eigenvalue weighted by Gasteiger charge is -2.25. The zero-order chi connectivity index (χ0) is 12.8. The van der Waals surface area contributed by atoms with Gasteiger partial charge in [0.15, 0.2) is 0 Å². The smallest absolute Gasteiger partial charge is 0.260 e. The average molecular weight is 236 g/mol. The van der Waals surface area contributed by atoms with Crippen molar-refractivity contribution >= 4 is 5.91 Å². The quantitative estimate of drug-likeness (QED) is 0.260. The molecule has 0 spiro atoms. The topological polar surface area (TPSA) is 55.1 Å². The lowest BCUT2D eigenvalue weighted by molar-refractivity contribution is -0.117. The van der Waals surface area contributed by atoms with E-state index in [2.05, 4.69) is 25.3 Å². The highest BCUT2D eigenvalue weighted by atomic mass is 16.2. The van der Waals surface area contributed by atoms with E-state index in [-0.39, 0.29) is 5.91 Å². The highest BCUT2D eigenvalue weighted by Gasteiger charge is 2.19. The van der Waals surface area contributed by atoms with Crippen LogP contribution in [-0.4, -0.2) is 5.91 Å². The summed E-state index contributed by atoms with van der Waals surface area (Å²) >= 11 is 0. The van der Waals surface area contributed by atoms with Gasteiger partial charge in [0.25, 0.3) is 5.91 Å². The summed E-state index contributed by atoms with van der Waals surface area (Å²) in [5.41, 5.74) is 5.92. The van der Waals surface area contributed by atoms with Crippen LogP contribution in [0.1, 0.15) is 52.9 Å². The number of carbonyl (C=O) groups is 1. The maximum atomic E-state index is 11.4. The molecule has 0 heterocycles. The van der Waals surface area contributed by atoms with E-state index in [4.69, 9.17) is 5.84 Å². The summed E-state index contributed by atoms with van der Waals surface area (Å²) in [7, 11) is 0. The molecule has 1 saturated carbocycles. The lowest BCUT2D eigenvalue weighted by atomic mass is 9.80. The van der Waals surface area contributed by atoms with Crippen LogP contribution in [0, 0.1) is 5.92 Å². The highest BCUT2D eigenvalue weighted by molar-refractivity contribution is 5.92. The summed E-state index contributed by atoms with van der Waals surface area (Å²) in [6.07, 6.45) is 8.04. The van der Waals surface area contributed by atoms with Crippen molar-refractivity contribution in [2.75, 3.05) is 0 Å². The first-order chi connectivity index (χ1) is 8.10. The van der Waals surface area contributed by atoms with Gasteiger partial charge < -0.3 is 0 Å². The van der Waals surface area contributed by atoms with Crippen molar-refractivity contribution in [2.24, 2.45) is 11.8 Å². The molecule has 0 bridgehead atoms. The fourth-order valence-corrected chi connectivity index (χ4v) is 2.47. The number of amides is 1. The number of carbonyl (C=O) groups excluding carboxylic acids is 1. The number of hydrazine groups is 1. The third-order valence-electron chi connectivity index (χ3n) is 3.68. The third-order valence-corrected chi connectivity index (χ3v) is 3.68. The van der Waals surface area contributed by atoms with Gasteiger partial charge in [-0.05, 0) is 45.4 Å². The molecule has 0 aromatic carbocycles. The van der Waals surface area contributed by atoms with Crippen LogP contribution >= 0.6 is 0 Å². The van der Waals surface area contributed by atoms with Crippen molar-refractivity contribution in [3.8, 4) is 0 Å². The summed E-state index contributed by atoms with van der Waals surface area (Å²) in [6.45, 7) is 6.23. The van der Waals surface area contributed by atoms with Crippen molar-refractivity contribution in [1.82, 2.24) is 5.43 Å². The van der Waals surface area contributed by atoms with Gasteiger partial charge in [-0.2, -0.15) is 0 Å². The Labute approximate surface area is 104 Å². The Morgan fingerprint density at radius 1 is 1.47 bits per heavy atom. The molecule has 17 heavy (non-hydrogen) atoms. The molecular formula is C14H24N2O. The van der Waals surface area contributed by atoms with Crippen LogP contribution in [0.15, 0.2) is 22.8 Å². The maximum absolute atomic E-state index is 11.4. The Morgan fingerprint density at radius 3 is 2.76 bits per heavy atom. The molecule has 0 radical (unpaired) electrons. The molecule has 0 aromatic rings. The Morgan fingerprint density at radius 2 is 2.18 bits per heavy atom. The predicted molar refractivity (Wildman–Crippen MR) is 71.0 cm³/mol. The molecule has 1 atom stereocenters. The van der Waals surface area contributed by atoms with Gasteiger partial charge in [0.1, 0.15) is 0 Å². The molecule has 96 valence electrons. The van der Waals surface area contributed by atoms with Crippen molar-refractivity contribution in [3.63, 3.8) is 0 Å². The van der Waals surface area contributed by atoms with Crippen molar-refractivity contribution < 1.29 is 4.79 Å².